The number of unbranched alkanes of at least 4 members (excludes halogenated alkanes) is 2. The summed E-state index contributed by atoms with van der Waals surface area (Å²) in [6.45, 7) is 1.69. The number of hydrogen-bond donors (Lipinski definition) is 2. The molecule has 6 nitrogen and oxygen atoms in total. The molecule has 0 atom stereocenters. The van der Waals surface area contributed by atoms with Gasteiger partial charge in [0.1, 0.15) is 5.58 Å². The SMILES string of the molecule is Cc1cc(=O)oc2cc(NC(=O)CCCCCNC(=O)C(F)(F)F)ccc12. The highest BCUT2D eigenvalue weighted by Crippen LogP contribution is 2.21. The summed E-state index contributed by atoms with van der Waals surface area (Å²) < 4.78 is 41.1. The number of rotatable bonds is 7. The first kappa shape index (κ1) is 20.5. The third kappa shape index (κ3) is 6.12. The lowest BCUT2D eigenvalue weighted by molar-refractivity contribution is -0.173. The van der Waals surface area contributed by atoms with Crippen molar-refractivity contribution in [1.82, 2.24) is 5.32 Å². The second-order valence-corrected chi connectivity index (χ2v) is 6.07. The number of carbonyl (C=O) groups is 2. The second kappa shape index (κ2) is 8.70. The van der Waals surface area contributed by atoms with Crippen molar-refractivity contribution in [2.75, 3.05) is 11.9 Å². The molecule has 27 heavy (non-hydrogen) atoms. The van der Waals surface area contributed by atoms with Crippen LogP contribution in [0.2, 0.25) is 0 Å². The van der Waals surface area contributed by atoms with Gasteiger partial charge in [0.15, 0.2) is 0 Å². The fraction of sp³-hybridized carbons (Fsp3) is 0.389. The molecule has 0 aliphatic carbocycles. The fourth-order valence-corrected chi connectivity index (χ4v) is 2.52. The maximum absolute atomic E-state index is 12.0. The molecule has 2 aromatic rings. The Morgan fingerprint density at radius 1 is 1.11 bits per heavy atom. The molecule has 0 bridgehead atoms. The van der Waals surface area contributed by atoms with Crippen LogP contribution in [0.15, 0.2) is 33.5 Å². The van der Waals surface area contributed by atoms with Gasteiger partial charge in [-0.05, 0) is 37.5 Å². The Morgan fingerprint density at radius 3 is 2.56 bits per heavy atom. The number of hydrogen-bond acceptors (Lipinski definition) is 4. The van der Waals surface area contributed by atoms with Crippen molar-refractivity contribution in [2.24, 2.45) is 0 Å². The van der Waals surface area contributed by atoms with E-state index in [0.29, 0.717) is 30.5 Å². The number of anilines is 1. The predicted molar refractivity (Wildman–Crippen MR) is 93.4 cm³/mol. The monoisotopic (exact) mass is 384 g/mol. The Bertz CT molecular complexity index is 890. The summed E-state index contributed by atoms with van der Waals surface area (Å²) in [5.74, 6) is -2.22. The molecule has 1 aromatic carbocycles. The summed E-state index contributed by atoms with van der Waals surface area (Å²) in [5.41, 5.74) is 1.16. The zero-order valence-electron chi connectivity index (χ0n) is 14.6. The first-order valence-electron chi connectivity index (χ1n) is 8.36. The average Bonchev–Trinajstić information content (AvgIpc) is 2.56. The minimum Gasteiger partial charge on any atom is -0.423 e. The largest absolute Gasteiger partial charge is 0.471 e. The minimum atomic E-state index is -4.88. The van der Waals surface area contributed by atoms with Gasteiger partial charge in [-0.25, -0.2) is 4.79 Å². The lowest BCUT2D eigenvalue weighted by atomic mass is 10.1. The van der Waals surface area contributed by atoms with E-state index in [1.165, 1.54) is 6.07 Å². The lowest BCUT2D eigenvalue weighted by Gasteiger charge is -2.08. The maximum Gasteiger partial charge on any atom is 0.471 e. The third-order valence-corrected chi connectivity index (χ3v) is 3.86. The molecule has 0 radical (unpaired) electrons. The van der Waals surface area contributed by atoms with Gasteiger partial charge in [-0.3, -0.25) is 9.59 Å². The molecule has 146 valence electrons. The van der Waals surface area contributed by atoms with Gasteiger partial charge >= 0.3 is 17.7 Å². The lowest BCUT2D eigenvalue weighted by Crippen LogP contribution is -2.37. The number of fused-ring (bicyclic) bond motifs is 1. The highest BCUT2D eigenvalue weighted by Gasteiger charge is 2.38. The summed E-state index contributed by atoms with van der Waals surface area (Å²) in [4.78, 5) is 34.0. The van der Waals surface area contributed by atoms with Crippen molar-refractivity contribution in [3.05, 3.63) is 40.2 Å². The first-order valence-corrected chi connectivity index (χ1v) is 8.36. The third-order valence-electron chi connectivity index (χ3n) is 3.86. The van der Waals surface area contributed by atoms with Crippen molar-refractivity contribution in [3.63, 3.8) is 0 Å². The van der Waals surface area contributed by atoms with Crippen molar-refractivity contribution in [2.45, 2.75) is 38.8 Å². The molecule has 0 aliphatic rings. The number of nitrogens with one attached hydrogen (secondary N) is 2. The summed E-state index contributed by atoms with van der Waals surface area (Å²) in [6.07, 6.45) is -3.39. The van der Waals surface area contributed by atoms with Crippen LogP contribution in [-0.2, 0) is 9.59 Å². The van der Waals surface area contributed by atoms with Gasteiger partial charge in [0.2, 0.25) is 5.91 Å². The van der Waals surface area contributed by atoms with Gasteiger partial charge in [-0.2, -0.15) is 13.2 Å². The number of carbonyl (C=O) groups excluding carboxylic acids is 2. The van der Waals surface area contributed by atoms with Crippen LogP contribution in [0.3, 0.4) is 0 Å². The van der Waals surface area contributed by atoms with Gasteiger partial charge in [-0.1, -0.05) is 6.42 Å². The first-order chi connectivity index (χ1) is 12.7. The summed E-state index contributed by atoms with van der Waals surface area (Å²) in [5, 5.41) is 5.23. The zero-order valence-corrected chi connectivity index (χ0v) is 14.6. The Balaban J connectivity index is 1.75. The molecule has 0 fully saturated rings. The number of alkyl halides is 3. The van der Waals surface area contributed by atoms with Gasteiger partial charge < -0.3 is 15.1 Å². The summed E-state index contributed by atoms with van der Waals surface area (Å²) >= 11 is 0. The normalized spacial score (nSPS) is 11.4. The van der Waals surface area contributed by atoms with Gasteiger partial charge in [0.05, 0.1) is 0 Å². The molecule has 0 spiro atoms. The van der Waals surface area contributed by atoms with E-state index < -0.39 is 17.7 Å². The van der Waals surface area contributed by atoms with Crippen LogP contribution in [0, 0.1) is 6.92 Å². The Kier molecular flexibility index (Phi) is 6.59. The van der Waals surface area contributed by atoms with Gasteiger partial charge in [0, 0.05) is 36.2 Å². The number of aryl methyl sites for hydroxylation is 1. The molecule has 0 saturated heterocycles. The van der Waals surface area contributed by atoms with E-state index in [4.69, 9.17) is 4.42 Å². The van der Waals surface area contributed by atoms with Crippen LogP contribution in [0.25, 0.3) is 11.0 Å². The fourth-order valence-electron chi connectivity index (χ4n) is 2.52. The van der Waals surface area contributed by atoms with E-state index in [0.717, 1.165) is 10.9 Å². The van der Waals surface area contributed by atoms with E-state index in [1.807, 2.05) is 0 Å². The molecule has 2 rings (SSSR count). The molecule has 9 heteroatoms. The molecule has 1 aromatic heterocycles. The average molecular weight is 384 g/mol. The molecule has 2 N–H and O–H groups in total. The van der Waals surface area contributed by atoms with Crippen LogP contribution in [-0.4, -0.2) is 24.5 Å². The summed E-state index contributed by atoms with van der Waals surface area (Å²) in [7, 11) is 0. The summed E-state index contributed by atoms with van der Waals surface area (Å²) in [6, 6.07) is 6.39. The van der Waals surface area contributed by atoms with E-state index in [9.17, 15) is 27.6 Å². The highest BCUT2D eigenvalue weighted by molar-refractivity contribution is 5.93. The van der Waals surface area contributed by atoms with Crippen molar-refractivity contribution < 1.29 is 27.2 Å². The maximum atomic E-state index is 12.0. The Labute approximate surface area is 152 Å². The van der Waals surface area contributed by atoms with Crippen LogP contribution in [0.4, 0.5) is 18.9 Å². The smallest absolute Gasteiger partial charge is 0.423 e. The molecule has 0 aliphatic heterocycles. The highest BCUT2D eigenvalue weighted by atomic mass is 19.4. The molecular weight excluding hydrogens is 365 g/mol. The standard InChI is InChI=1S/C18H19F3N2O4/c1-11-9-16(25)27-14-10-12(6-7-13(11)14)23-15(24)5-3-2-4-8-22-17(26)18(19,20)21/h6-7,9-10H,2-5,8H2,1H3,(H,22,26)(H,23,24). The molecule has 0 unspecified atom stereocenters. The second-order valence-electron chi connectivity index (χ2n) is 6.07. The van der Waals surface area contributed by atoms with Gasteiger partial charge in [0.25, 0.3) is 0 Å². The predicted octanol–water partition coefficient (Wildman–Crippen LogP) is 3.28. The minimum absolute atomic E-state index is 0.0942. The Morgan fingerprint density at radius 2 is 1.85 bits per heavy atom. The number of benzene rings is 1. The quantitative estimate of drug-likeness (QED) is 0.566. The van der Waals surface area contributed by atoms with Crippen molar-refractivity contribution in [1.29, 1.82) is 0 Å². The number of halogens is 3. The Hall–Kier alpha value is -2.84. The van der Waals surface area contributed by atoms with Crippen LogP contribution >= 0.6 is 0 Å². The number of amides is 2. The van der Waals surface area contributed by atoms with E-state index in [2.05, 4.69) is 5.32 Å². The van der Waals surface area contributed by atoms with Crippen molar-refractivity contribution in [3.8, 4) is 0 Å². The molecule has 1 heterocycles. The molecule has 0 saturated carbocycles. The topological polar surface area (TPSA) is 88.4 Å². The van der Waals surface area contributed by atoms with Crippen LogP contribution in [0.5, 0.6) is 0 Å². The zero-order chi connectivity index (χ0) is 20.0. The van der Waals surface area contributed by atoms with E-state index in [1.54, 1.807) is 30.4 Å². The van der Waals surface area contributed by atoms with Crippen LogP contribution in [0.1, 0.15) is 31.2 Å². The molecule has 2 amide bonds. The van der Waals surface area contributed by atoms with E-state index >= 15 is 0 Å². The molecular formula is C18H19F3N2O4. The van der Waals surface area contributed by atoms with Crippen LogP contribution < -0.4 is 16.3 Å². The van der Waals surface area contributed by atoms with Gasteiger partial charge in [-0.15, -0.1) is 0 Å². The van der Waals surface area contributed by atoms with Crippen molar-refractivity contribution >= 4 is 28.5 Å². The van der Waals surface area contributed by atoms with E-state index in [-0.39, 0.29) is 18.9 Å².